The SMILES string of the molecule is CC[C@]1(C#N)[C@H]2C[C@H]2[C@H]2[C@H]3[C@H](CC[C@@]21C)[C@H]1CCC(=O)C=C1C[C@@H]3C. The van der Waals surface area contributed by atoms with E-state index in [1.54, 1.807) is 0 Å². The van der Waals surface area contributed by atoms with Crippen molar-refractivity contribution in [3.05, 3.63) is 11.6 Å². The van der Waals surface area contributed by atoms with Gasteiger partial charge in [0.1, 0.15) is 0 Å². The van der Waals surface area contributed by atoms with Crippen molar-refractivity contribution in [2.75, 3.05) is 0 Å². The summed E-state index contributed by atoms with van der Waals surface area (Å²) < 4.78 is 0. The van der Waals surface area contributed by atoms with Gasteiger partial charge in [-0.25, -0.2) is 0 Å². The lowest BCUT2D eigenvalue weighted by Crippen LogP contribution is -2.53. The highest BCUT2D eigenvalue weighted by molar-refractivity contribution is 5.91. The lowest BCUT2D eigenvalue weighted by Gasteiger charge is -2.58. The number of carbonyl (C=O) groups excluding carboxylic acids is 1. The standard InChI is InChI=1S/C23H31NO/c1-4-23(12-24)19-11-18(19)21-20-13(2)9-14-10-15(25)5-6-16(14)17(20)7-8-22(21,23)3/h10,13,16-21H,4-9,11H2,1-3H3/t13-,16-,17+,18+,19-,20+,21-,22-,23-/m0/s1. The van der Waals surface area contributed by atoms with Crippen LogP contribution in [0.4, 0.5) is 0 Å². The maximum absolute atomic E-state index is 11.9. The van der Waals surface area contributed by atoms with Gasteiger partial charge in [-0.05, 0) is 91.4 Å². The van der Waals surface area contributed by atoms with Gasteiger partial charge in [0.05, 0.1) is 11.5 Å². The summed E-state index contributed by atoms with van der Waals surface area (Å²) in [5.74, 6) is 5.50. The monoisotopic (exact) mass is 337 g/mol. The molecule has 0 N–H and O–H groups in total. The number of allylic oxidation sites excluding steroid dienone is 1. The lowest BCUT2D eigenvalue weighted by molar-refractivity contribution is -0.117. The highest BCUT2D eigenvalue weighted by Gasteiger charge is 2.76. The van der Waals surface area contributed by atoms with E-state index in [0.717, 1.165) is 49.4 Å². The smallest absolute Gasteiger partial charge is 0.155 e. The first-order valence-electron chi connectivity index (χ1n) is 10.6. The number of nitrogens with zero attached hydrogens (tertiary/aromatic N) is 1. The quantitative estimate of drug-likeness (QED) is 0.664. The first-order chi connectivity index (χ1) is 12.0. The number of rotatable bonds is 1. The zero-order chi connectivity index (χ0) is 17.6. The summed E-state index contributed by atoms with van der Waals surface area (Å²) in [6.45, 7) is 7.18. The van der Waals surface area contributed by atoms with Gasteiger partial charge in [0.2, 0.25) is 0 Å². The summed E-state index contributed by atoms with van der Waals surface area (Å²) in [7, 11) is 0. The van der Waals surface area contributed by atoms with Gasteiger partial charge in [-0.1, -0.05) is 26.3 Å². The maximum atomic E-state index is 11.9. The molecule has 0 bridgehead atoms. The minimum absolute atomic E-state index is 0.0638. The molecule has 0 aromatic heterocycles. The van der Waals surface area contributed by atoms with E-state index in [-0.39, 0.29) is 10.8 Å². The van der Waals surface area contributed by atoms with Crippen LogP contribution in [0.5, 0.6) is 0 Å². The Bertz CT molecular complexity index is 701. The van der Waals surface area contributed by atoms with Crippen molar-refractivity contribution >= 4 is 5.78 Å². The van der Waals surface area contributed by atoms with Gasteiger partial charge in [0.15, 0.2) is 5.78 Å². The maximum Gasteiger partial charge on any atom is 0.155 e. The van der Waals surface area contributed by atoms with Crippen LogP contribution in [0.25, 0.3) is 0 Å². The zero-order valence-corrected chi connectivity index (χ0v) is 15.9. The third-order valence-corrected chi connectivity index (χ3v) is 9.61. The summed E-state index contributed by atoms with van der Waals surface area (Å²) in [5.41, 5.74) is 1.64. The molecule has 5 aliphatic rings. The van der Waals surface area contributed by atoms with E-state index >= 15 is 0 Å². The van der Waals surface area contributed by atoms with Crippen molar-refractivity contribution < 1.29 is 4.79 Å². The predicted octanol–water partition coefficient (Wildman–Crippen LogP) is 5.15. The predicted molar refractivity (Wildman–Crippen MR) is 97.3 cm³/mol. The molecule has 0 spiro atoms. The Morgan fingerprint density at radius 3 is 2.84 bits per heavy atom. The van der Waals surface area contributed by atoms with Gasteiger partial charge in [0.25, 0.3) is 0 Å². The Kier molecular flexibility index (Phi) is 3.22. The molecule has 2 heteroatoms. The van der Waals surface area contributed by atoms with Gasteiger partial charge in [0, 0.05) is 6.42 Å². The van der Waals surface area contributed by atoms with E-state index in [0.29, 0.717) is 23.5 Å². The van der Waals surface area contributed by atoms with Crippen molar-refractivity contribution in [3.8, 4) is 6.07 Å². The topological polar surface area (TPSA) is 40.9 Å². The molecule has 0 aromatic carbocycles. The molecule has 2 nitrogen and oxygen atoms in total. The number of nitriles is 1. The van der Waals surface area contributed by atoms with E-state index < -0.39 is 0 Å². The molecule has 5 aliphatic carbocycles. The number of carbonyl (C=O) groups is 1. The van der Waals surface area contributed by atoms with E-state index in [1.165, 1.54) is 24.8 Å². The minimum atomic E-state index is -0.0638. The minimum Gasteiger partial charge on any atom is -0.295 e. The second kappa shape index (κ2) is 4.99. The van der Waals surface area contributed by atoms with Crippen LogP contribution in [-0.2, 0) is 4.79 Å². The van der Waals surface area contributed by atoms with Crippen LogP contribution in [0.2, 0.25) is 0 Å². The van der Waals surface area contributed by atoms with Crippen molar-refractivity contribution in [2.24, 2.45) is 52.3 Å². The molecule has 4 saturated carbocycles. The van der Waals surface area contributed by atoms with Crippen LogP contribution < -0.4 is 0 Å². The van der Waals surface area contributed by atoms with E-state index in [9.17, 15) is 10.1 Å². The van der Waals surface area contributed by atoms with E-state index in [2.05, 4.69) is 26.8 Å². The molecule has 9 atom stereocenters. The fraction of sp³-hybridized carbons (Fsp3) is 0.826. The van der Waals surface area contributed by atoms with Crippen molar-refractivity contribution in [1.29, 1.82) is 5.26 Å². The second-order valence-corrected chi connectivity index (χ2v) is 10.2. The first kappa shape index (κ1) is 16.1. The average molecular weight is 338 g/mol. The third-order valence-electron chi connectivity index (χ3n) is 9.61. The summed E-state index contributed by atoms with van der Waals surface area (Å²) in [6, 6.07) is 2.87. The molecule has 0 aliphatic heterocycles. The Hall–Kier alpha value is -1.10. The molecule has 0 aromatic rings. The fourth-order valence-electron chi connectivity index (χ4n) is 8.67. The van der Waals surface area contributed by atoms with Crippen LogP contribution in [0, 0.1) is 63.6 Å². The first-order valence-corrected chi connectivity index (χ1v) is 10.6. The normalized spacial score (nSPS) is 56.0. The molecular weight excluding hydrogens is 306 g/mol. The molecule has 0 radical (unpaired) electrons. The summed E-state index contributed by atoms with van der Waals surface area (Å²) in [6.07, 6.45) is 9.85. The molecule has 0 saturated heterocycles. The molecule has 134 valence electrons. The molecule has 0 unspecified atom stereocenters. The van der Waals surface area contributed by atoms with E-state index in [4.69, 9.17) is 0 Å². The largest absolute Gasteiger partial charge is 0.295 e. The number of hydrogen-bond acceptors (Lipinski definition) is 2. The van der Waals surface area contributed by atoms with Crippen molar-refractivity contribution in [2.45, 2.75) is 65.7 Å². The zero-order valence-electron chi connectivity index (χ0n) is 15.9. The van der Waals surface area contributed by atoms with Gasteiger partial charge in [-0.3, -0.25) is 4.79 Å². The van der Waals surface area contributed by atoms with Crippen LogP contribution in [0.15, 0.2) is 11.6 Å². The van der Waals surface area contributed by atoms with Gasteiger partial charge in [-0.2, -0.15) is 5.26 Å². The Morgan fingerprint density at radius 2 is 2.12 bits per heavy atom. The van der Waals surface area contributed by atoms with E-state index in [1.807, 2.05) is 6.08 Å². The molecule has 4 fully saturated rings. The number of fused-ring (bicyclic) bond motifs is 7. The number of hydrogen-bond donors (Lipinski definition) is 0. The Morgan fingerprint density at radius 1 is 1.32 bits per heavy atom. The molecule has 0 amide bonds. The molecular formula is C23H31NO. The Balaban J connectivity index is 1.56. The van der Waals surface area contributed by atoms with Crippen LogP contribution in [0.3, 0.4) is 0 Å². The second-order valence-electron chi connectivity index (χ2n) is 10.2. The van der Waals surface area contributed by atoms with Crippen LogP contribution in [-0.4, -0.2) is 5.78 Å². The molecule has 0 heterocycles. The van der Waals surface area contributed by atoms with Crippen molar-refractivity contribution in [3.63, 3.8) is 0 Å². The Labute approximate surface area is 152 Å². The van der Waals surface area contributed by atoms with Gasteiger partial charge >= 0.3 is 0 Å². The third kappa shape index (κ3) is 1.78. The fourth-order valence-corrected chi connectivity index (χ4v) is 8.67. The van der Waals surface area contributed by atoms with Crippen molar-refractivity contribution in [1.82, 2.24) is 0 Å². The molecule has 5 rings (SSSR count). The highest BCUT2D eigenvalue weighted by Crippen LogP contribution is 2.80. The summed E-state index contributed by atoms with van der Waals surface area (Å²) in [5, 5.41) is 10.2. The number of ketones is 1. The van der Waals surface area contributed by atoms with Crippen LogP contribution >= 0.6 is 0 Å². The molecule has 25 heavy (non-hydrogen) atoms. The summed E-state index contributed by atoms with van der Waals surface area (Å²) in [4.78, 5) is 11.9. The van der Waals surface area contributed by atoms with Crippen LogP contribution in [0.1, 0.15) is 65.7 Å². The van der Waals surface area contributed by atoms with Gasteiger partial charge < -0.3 is 0 Å². The lowest BCUT2D eigenvalue weighted by atomic mass is 9.45. The highest BCUT2D eigenvalue weighted by atomic mass is 16.1. The average Bonchev–Trinajstić information content (AvgIpc) is 3.33. The summed E-state index contributed by atoms with van der Waals surface area (Å²) >= 11 is 0. The van der Waals surface area contributed by atoms with Gasteiger partial charge in [-0.15, -0.1) is 0 Å².